The van der Waals surface area contributed by atoms with Gasteiger partial charge in [-0.2, -0.15) is 0 Å². The van der Waals surface area contributed by atoms with E-state index in [0.29, 0.717) is 23.8 Å². The Balaban J connectivity index is 2.62. The van der Waals surface area contributed by atoms with Crippen molar-refractivity contribution in [1.29, 1.82) is 0 Å². The number of nitrogen functional groups attached to an aromatic ring is 1. The number of nitrogens with zero attached hydrogens (tertiary/aromatic N) is 2. The minimum absolute atomic E-state index is 0.0695. The van der Waals surface area contributed by atoms with E-state index in [4.69, 9.17) is 17.3 Å². The summed E-state index contributed by atoms with van der Waals surface area (Å²) in [6.07, 6.45) is 0. The van der Waals surface area contributed by atoms with E-state index in [9.17, 15) is 4.79 Å². The van der Waals surface area contributed by atoms with E-state index in [1.165, 1.54) is 0 Å². The van der Waals surface area contributed by atoms with Crippen LogP contribution >= 0.6 is 11.6 Å². The van der Waals surface area contributed by atoms with Gasteiger partial charge in [-0.1, -0.05) is 17.7 Å². The van der Waals surface area contributed by atoms with Gasteiger partial charge in [-0.3, -0.25) is 9.69 Å². The van der Waals surface area contributed by atoms with Crippen LogP contribution in [-0.4, -0.2) is 43.4 Å². The van der Waals surface area contributed by atoms with E-state index in [1.54, 1.807) is 31.1 Å². The molecule has 1 amide bonds. The molecule has 0 saturated heterocycles. The SMILES string of the molecule is CN(CC(=O)N(C)C)Cc1ccc(Cl)cc1N. The summed E-state index contributed by atoms with van der Waals surface area (Å²) < 4.78 is 0. The van der Waals surface area contributed by atoms with Crippen molar-refractivity contribution in [3.8, 4) is 0 Å². The highest BCUT2D eigenvalue weighted by Gasteiger charge is 2.10. The lowest BCUT2D eigenvalue weighted by Gasteiger charge is -2.19. The van der Waals surface area contributed by atoms with Crippen LogP contribution in [0.2, 0.25) is 5.02 Å². The third kappa shape index (κ3) is 4.24. The van der Waals surface area contributed by atoms with Crippen molar-refractivity contribution in [2.24, 2.45) is 0 Å². The lowest BCUT2D eigenvalue weighted by atomic mass is 10.1. The third-order valence-corrected chi connectivity index (χ3v) is 2.69. The average molecular weight is 256 g/mol. The fourth-order valence-corrected chi connectivity index (χ4v) is 1.61. The number of benzene rings is 1. The van der Waals surface area contributed by atoms with Gasteiger partial charge in [-0.15, -0.1) is 0 Å². The number of carbonyl (C=O) groups excluding carboxylic acids is 1. The number of hydrogen-bond donors (Lipinski definition) is 1. The predicted molar refractivity (Wildman–Crippen MR) is 70.9 cm³/mol. The van der Waals surface area contributed by atoms with E-state index < -0.39 is 0 Å². The molecule has 2 N–H and O–H groups in total. The standard InChI is InChI=1S/C12H18ClN3O/c1-15(2)12(17)8-16(3)7-9-4-5-10(13)6-11(9)14/h4-6H,7-8,14H2,1-3H3. The van der Waals surface area contributed by atoms with E-state index in [0.717, 1.165) is 5.56 Å². The minimum atomic E-state index is 0.0695. The van der Waals surface area contributed by atoms with Crippen LogP contribution in [0.1, 0.15) is 5.56 Å². The van der Waals surface area contributed by atoms with Crippen molar-refractivity contribution in [2.45, 2.75) is 6.54 Å². The zero-order valence-electron chi connectivity index (χ0n) is 10.4. The van der Waals surface area contributed by atoms with Crippen LogP contribution in [0.15, 0.2) is 18.2 Å². The Hall–Kier alpha value is -1.26. The molecule has 0 bridgehead atoms. The van der Waals surface area contributed by atoms with Gasteiger partial charge in [0.2, 0.25) is 5.91 Å². The summed E-state index contributed by atoms with van der Waals surface area (Å²) in [5, 5.41) is 0.623. The number of amides is 1. The molecular formula is C12H18ClN3O. The molecule has 4 nitrogen and oxygen atoms in total. The third-order valence-electron chi connectivity index (χ3n) is 2.45. The molecule has 1 rings (SSSR count). The van der Waals surface area contributed by atoms with Crippen molar-refractivity contribution in [2.75, 3.05) is 33.4 Å². The summed E-state index contributed by atoms with van der Waals surface area (Å²) in [6, 6.07) is 5.40. The Morgan fingerprint density at radius 3 is 2.53 bits per heavy atom. The van der Waals surface area contributed by atoms with Crippen LogP contribution in [0.3, 0.4) is 0 Å². The van der Waals surface area contributed by atoms with Gasteiger partial charge in [0.25, 0.3) is 0 Å². The largest absolute Gasteiger partial charge is 0.398 e. The average Bonchev–Trinajstić information content (AvgIpc) is 2.22. The number of nitrogens with two attached hydrogens (primary N) is 1. The molecule has 94 valence electrons. The van der Waals surface area contributed by atoms with Crippen LogP contribution in [-0.2, 0) is 11.3 Å². The zero-order valence-corrected chi connectivity index (χ0v) is 11.2. The van der Waals surface area contributed by atoms with E-state index in [1.807, 2.05) is 18.0 Å². The Morgan fingerprint density at radius 2 is 2.00 bits per heavy atom. The maximum Gasteiger partial charge on any atom is 0.236 e. The van der Waals surface area contributed by atoms with Crippen molar-refractivity contribution < 1.29 is 4.79 Å². The molecule has 5 heteroatoms. The van der Waals surface area contributed by atoms with Crippen LogP contribution in [0.5, 0.6) is 0 Å². The van der Waals surface area contributed by atoms with Crippen LogP contribution in [0.4, 0.5) is 5.69 Å². The quantitative estimate of drug-likeness (QED) is 0.829. The highest BCUT2D eigenvalue weighted by atomic mass is 35.5. The molecule has 0 aliphatic rings. The Bertz CT molecular complexity index is 407. The number of halogens is 1. The van der Waals surface area contributed by atoms with Crippen LogP contribution in [0.25, 0.3) is 0 Å². The van der Waals surface area contributed by atoms with E-state index in [2.05, 4.69) is 0 Å². The van der Waals surface area contributed by atoms with Gasteiger partial charge < -0.3 is 10.6 Å². The molecular weight excluding hydrogens is 238 g/mol. The lowest BCUT2D eigenvalue weighted by molar-refractivity contribution is -0.129. The second-order valence-corrected chi connectivity index (χ2v) is 4.74. The van der Waals surface area contributed by atoms with Gasteiger partial charge in [0.05, 0.1) is 6.54 Å². The number of rotatable bonds is 4. The molecule has 0 heterocycles. The maximum absolute atomic E-state index is 11.5. The summed E-state index contributed by atoms with van der Waals surface area (Å²) in [6.45, 7) is 0.998. The fraction of sp³-hybridized carbons (Fsp3) is 0.417. The molecule has 0 aromatic heterocycles. The van der Waals surface area contributed by atoms with Crippen LogP contribution < -0.4 is 5.73 Å². The molecule has 1 aromatic rings. The number of anilines is 1. The summed E-state index contributed by atoms with van der Waals surface area (Å²) in [5.41, 5.74) is 7.48. The van der Waals surface area contributed by atoms with Gasteiger partial charge in [-0.05, 0) is 24.7 Å². The first kappa shape index (κ1) is 13.8. The van der Waals surface area contributed by atoms with E-state index in [-0.39, 0.29) is 5.91 Å². The van der Waals surface area contributed by atoms with Gasteiger partial charge in [0.1, 0.15) is 0 Å². The molecule has 0 saturated carbocycles. The van der Waals surface area contributed by atoms with Crippen molar-refractivity contribution >= 4 is 23.2 Å². The lowest BCUT2D eigenvalue weighted by Crippen LogP contribution is -2.34. The first-order valence-electron chi connectivity index (χ1n) is 5.32. The van der Waals surface area contributed by atoms with Gasteiger partial charge in [0, 0.05) is 31.4 Å². The van der Waals surface area contributed by atoms with Gasteiger partial charge >= 0.3 is 0 Å². The molecule has 0 atom stereocenters. The minimum Gasteiger partial charge on any atom is -0.398 e. The Morgan fingerprint density at radius 1 is 1.35 bits per heavy atom. The highest BCUT2D eigenvalue weighted by molar-refractivity contribution is 6.30. The predicted octanol–water partition coefficient (Wildman–Crippen LogP) is 1.44. The fourth-order valence-electron chi connectivity index (χ4n) is 1.43. The van der Waals surface area contributed by atoms with Gasteiger partial charge in [0.15, 0.2) is 0 Å². The normalized spacial score (nSPS) is 10.6. The summed E-state index contributed by atoms with van der Waals surface area (Å²) in [7, 11) is 5.37. The molecule has 0 fully saturated rings. The zero-order chi connectivity index (χ0) is 13.0. The van der Waals surface area contributed by atoms with Crippen molar-refractivity contribution in [3.05, 3.63) is 28.8 Å². The highest BCUT2D eigenvalue weighted by Crippen LogP contribution is 2.19. The second kappa shape index (κ2) is 5.89. The monoisotopic (exact) mass is 255 g/mol. The second-order valence-electron chi connectivity index (χ2n) is 4.30. The molecule has 0 spiro atoms. The number of carbonyl (C=O) groups is 1. The van der Waals surface area contributed by atoms with E-state index >= 15 is 0 Å². The number of likely N-dealkylation sites (N-methyl/N-ethyl adjacent to an activating group) is 2. The maximum atomic E-state index is 11.5. The van der Waals surface area contributed by atoms with Gasteiger partial charge in [-0.25, -0.2) is 0 Å². The summed E-state index contributed by atoms with van der Waals surface area (Å²) in [4.78, 5) is 15.0. The van der Waals surface area contributed by atoms with Crippen molar-refractivity contribution in [1.82, 2.24) is 9.80 Å². The smallest absolute Gasteiger partial charge is 0.236 e. The first-order chi connectivity index (χ1) is 7.90. The Labute approximate surface area is 107 Å². The molecule has 0 unspecified atom stereocenters. The number of hydrogen-bond acceptors (Lipinski definition) is 3. The molecule has 0 radical (unpaired) electrons. The topological polar surface area (TPSA) is 49.6 Å². The summed E-state index contributed by atoms with van der Waals surface area (Å²) in [5.74, 6) is 0.0695. The van der Waals surface area contributed by atoms with Crippen molar-refractivity contribution in [3.63, 3.8) is 0 Å². The molecule has 1 aromatic carbocycles. The van der Waals surface area contributed by atoms with Crippen LogP contribution in [0, 0.1) is 0 Å². The molecule has 0 aliphatic carbocycles. The Kier molecular flexibility index (Phi) is 4.78. The molecule has 17 heavy (non-hydrogen) atoms. The summed E-state index contributed by atoms with van der Waals surface area (Å²) >= 11 is 5.82. The first-order valence-corrected chi connectivity index (χ1v) is 5.70. The molecule has 0 aliphatic heterocycles.